The predicted molar refractivity (Wildman–Crippen MR) is 83.1 cm³/mol. The fourth-order valence-electron chi connectivity index (χ4n) is 2.19. The van der Waals surface area contributed by atoms with Crippen molar-refractivity contribution in [3.8, 4) is 5.75 Å². The summed E-state index contributed by atoms with van der Waals surface area (Å²) in [5.41, 5.74) is 5.53. The topological polar surface area (TPSA) is 91.0 Å². The average Bonchev–Trinajstić information content (AvgIpc) is 2.60. The Morgan fingerprint density at radius 3 is 2.41 bits per heavy atom. The quantitative estimate of drug-likeness (QED) is 0.819. The van der Waals surface area contributed by atoms with E-state index in [-0.39, 0.29) is 12.4 Å². The first kappa shape index (κ1) is 16.6. The molecular weight excluding hydrogens is 285 g/mol. The summed E-state index contributed by atoms with van der Waals surface area (Å²) < 4.78 is 16.7. The van der Waals surface area contributed by atoms with Gasteiger partial charge < -0.3 is 24.9 Å². The lowest BCUT2D eigenvalue weighted by Gasteiger charge is -2.32. The number of aromatic hydroxyl groups is 1. The molecule has 0 saturated carbocycles. The van der Waals surface area contributed by atoms with Crippen LogP contribution in [0.4, 0.5) is 4.79 Å². The molecule has 1 aliphatic heterocycles. The third-order valence-electron chi connectivity index (χ3n) is 4.24. The van der Waals surface area contributed by atoms with E-state index in [0.717, 1.165) is 5.46 Å². The number of phenolic OH excluding ortho intramolecular Hbond substituents is 1. The summed E-state index contributed by atoms with van der Waals surface area (Å²) >= 11 is 0. The van der Waals surface area contributed by atoms with Gasteiger partial charge in [-0.05, 0) is 44.8 Å². The maximum absolute atomic E-state index is 10.6. The number of carbonyl (C=O) groups is 1. The zero-order valence-electron chi connectivity index (χ0n) is 13.4. The van der Waals surface area contributed by atoms with E-state index >= 15 is 0 Å². The van der Waals surface area contributed by atoms with Crippen LogP contribution in [0.1, 0.15) is 33.3 Å². The van der Waals surface area contributed by atoms with Crippen molar-refractivity contribution in [2.24, 2.45) is 5.73 Å². The van der Waals surface area contributed by atoms with E-state index in [2.05, 4.69) is 0 Å². The first-order valence-corrected chi connectivity index (χ1v) is 7.22. The number of rotatable bonds is 4. The number of ether oxygens (including phenoxy) is 1. The lowest BCUT2D eigenvalue weighted by atomic mass is 9.78. The van der Waals surface area contributed by atoms with Crippen LogP contribution in [0.5, 0.6) is 5.75 Å². The molecule has 0 aromatic heterocycles. The summed E-state index contributed by atoms with van der Waals surface area (Å²) in [6.07, 6.45) is -0.469. The largest absolute Gasteiger partial charge is 0.508 e. The molecule has 2 rings (SSSR count). The molecule has 120 valence electrons. The van der Waals surface area contributed by atoms with Gasteiger partial charge in [0.05, 0.1) is 17.8 Å². The van der Waals surface area contributed by atoms with Crippen LogP contribution in [-0.4, -0.2) is 36.1 Å². The van der Waals surface area contributed by atoms with Crippen LogP contribution < -0.4 is 11.2 Å². The van der Waals surface area contributed by atoms with Gasteiger partial charge in [-0.15, -0.1) is 0 Å². The predicted octanol–water partition coefficient (Wildman–Crippen LogP) is 1.33. The molecule has 0 aliphatic carbocycles. The summed E-state index contributed by atoms with van der Waals surface area (Å²) in [5.74, 6) is 0.133. The first-order valence-electron chi connectivity index (χ1n) is 7.22. The number of amides is 1. The van der Waals surface area contributed by atoms with Gasteiger partial charge in [-0.3, -0.25) is 0 Å². The molecule has 1 saturated heterocycles. The van der Waals surface area contributed by atoms with Gasteiger partial charge in [0.25, 0.3) is 0 Å². The smallest absolute Gasteiger partial charge is 0.494 e. The Hall–Kier alpha value is -1.73. The van der Waals surface area contributed by atoms with Crippen LogP contribution >= 0.6 is 0 Å². The van der Waals surface area contributed by atoms with Crippen molar-refractivity contribution in [1.82, 2.24) is 0 Å². The highest BCUT2D eigenvalue weighted by atomic mass is 16.7. The third-order valence-corrected chi connectivity index (χ3v) is 4.24. The van der Waals surface area contributed by atoms with E-state index in [1.165, 1.54) is 0 Å². The number of hydrogen-bond acceptors (Lipinski definition) is 5. The minimum atomic E-state index is -0.832. The zero-order valence-corrected chi connectivity index (χ0v) is 13.4. The number of primary amides is 1. The summed E-state index contributed by atoms with van der Waals surface area (Å²) in [6.45, 7) is 8.03. The highest BCUT2D eigenvalue weighted by Gasteiger charge is 2.51. The Bertz CT molecular complexity index is 557. The van der Waals surface area contributed by atoms with E-state index in [1.807, 2.05) is 27.7 Å². The second kappa shape index (κ2) is 5.81. The van der Waals surface area contributed by atoms with Crippen molar-refractivity contribution >= 4 is 18.7 Å². The molecule has 7 heteroatoms. The molecule has 1 aliphatic rings. The number of carbonyl (C=O) groups excluding carboxylic acids is 1. The molecule has 1 heterocycles. The Morgan fingerprint density at radius 1 is 1.27 bits per heavy atom. The maximum atomic E-state index is 10.6. The highest BCUT2D eigenvalue weighted by Crippen LogP contribution is 2.36. The van der Waals surface area contributed by atoms with Gasteiger partial charge >= 0.3 is 13.2 Å². The highest BCUT2D eigenvalue weighted by molar-refractivity contribution is 6.62. The second-order valence-electron chi connectivity index (χ2n) is 6.39. The van der Waals surface area contributed by atoms with Crippen molar-refractivity contribution < 1.29 is 23.9 Å². The van der Waals surface area contributed by atoms with E-state index in [4.69, 9.17) is 19.8 Å². The van der Waals surface area contributed by atoms with Gasteiger partial charge in [0.15, 0.2) is 0 Å². The minimum Gasteiger partial charge on any atom is -0.508 e. The normalized spacial score (nSPS) is 19.2. The molecule has 0 spiro atoms. The molecule has 0 radical (unpaired) electrons. The van der Waals surface area contributed by atoms with Crippen molar-refractivity contribution in [2.45, 2.75) is 45.3 Å². The van der Waals surface area contributed by atoms with E-state index in [1.54, 1.807) is 18.2 Å². The van der Waals surface area contributed by atoms with Crippen molar-refractivity contribution in [3.63, 3.8) is 0 Å². The molecule has 22 heavy (non-hydrogen) atoms. The number of hydrogen-bond donors (Lipinski definition) is 2. The zero-order chi connectivity index (χ0) is 16.5. The molecule has 0 atom stereocenters. The minimum absolute atomic E-state index is 0.107. The Labute approximate surface area is 130 Å². The lowest BCUT2D eigenvalue weighted by Crippen LogP contribution is -2.41. The average molecular weight is 307 g/mol. The fourth-order valence-corrected chi connectivity index (χ4v) is 2.19. The Morgan fingerprint density at radius 2 is 1.86 bits per heavy atom. The number of nitrogens with two attached hydrogens (primary N) is 1. The van der Waals surface area contributed by atoms with E-state index < -0.39 is 24.4 Å². The van der Waals surface area contributed by atoms with E-state index in [0.29, 0.717) is 12.0 Å². The molecule has 1 aromatic carbocycles. The summed E-state index contributed by atoms with van der Waals surface area (Å²) in [6, 6.07) is 5.14. The van der Waals surface area contributed by atoms with Gasteiger partial charge in [-0.25, -0.2) is 4.79 Å². The summed E-state index contributed by atoms with van der Waals surface area (Å²) in [5, 5.41) is 9.89. The molecular formula is C15H22BNO5. The van der Waals surface area contributed by atoms with Crippen LogP contribution in [-0.2, 0) is 20.5 Å². The van der Waals surface area contributed by atoms with Gasteiger partial charge in [0, 0.05) is 6.42 Å². The third kappa shape index (κ3) is 3.36. The van der Waals surface area contributed by atoms with Crippen LogP contribution in [0.2, 0.25) is 0 Å². The van der Waals surface area contributed by atoms with Crippen molar-refractivity contribution in [3.05, 3.63) is 23.8 Å². The Kier molecular flexibility index (Phi) is 4.40. The van der Waals surface area contributed by atoms with Crippen molar-refractivity contribution in [1.29, 1.82) is 0 Å². The monoisotopic (exact) mass is 307 g/mol. The Balaban J connectivity index is 2.15. The molecule has 0 unspecified atom stereocenters. The first-order chi connectivity index (χ1) is 10.1. The number of phenols is 1. The van der Waals surface area contributed by atoms with E-state index in [9.17, 15) is 9.90 Å². The van der Waals surface area contributed by atoms with Gasteiger partial charge in [0.2, 0.25) is 0 Å². The molecule has 3 N–H and O–H groups in total. The van der Waals surface area contributed by atoms with Crippen LogP contribution in [0.15, 0.2) is 18.2 Å². The molecule has 1 amide bonds. The second-order valence-corrected chi connectivity index (χ2v) is 6.39. The molecule has 1 fully saturated rings. The maximum Gasteiger partial charge on any atom is 0.494 e. The lowest BCUT2D eigenvalue weighted by molar-refractivity contribution is 0.00578. The number of benzene rings is 1. The standard InChI is InChI=1S/C15H22BNO5/c1-14(2)15(3,4)22-16(21-14)11-5-6-12(18)10(9-11)7-8-20-13(17)19/h5-6,9,18H,7-8H2,1-4H3,(H2,17,19). The molecule has 0 bridgehead atoms. The summed E-state index contributed by atoms with van der Waals surface area (Å²) in [7, 11) is -0.499. The SMILES string of the molecule is CC1(C)OB(c2ccc(O)c(CCOC(N)=O)c2)OC1(C)C. The van der Waals surface area contributed by atoms with Gasteiger partial charge in [-0.1, -0.05) is 12.1 Å². The van der Waals surface area contributed by atoms with Gasteiger partial charge in [-0.2, -0.15) is 0 Å². The fraction of sp³-hybridized carbons (Fsp3) is 0.533. The molecule has 6 nitrogen and oxygen atoms in total. The van der Waals surface area contributed by atoms with Crippen LogP contribution in [0.3, 0.4) is 0 Å². The van der Waals surface area contributed by atoms with Crippen LogP contribution in [0, 0.1) is 0 Å². The van der Waals surface area contributed by atoms with Crippen LogP contribution in [0.25, 0.3) is 0 Å². The van der Waals surface area contributed by atoms with Gasteiger partial charge in [0.1, 0.15) is 5.75 Å². The molecule has 1 aromatic rings. The summed E-state index contributed by atoms with van der Waals surface area (Å²) in [4.78, 5) is 10.6. The van der Waals surface area contributed by atoms with Crippen molar-refractivity contribution in [2.75, 3.05) is 6.61 Å².